The molecule has 1 amide bonds. The summed E-state index contributed by atoms with van der Waals surface area (Å²) in [5.74, 6) is -0.313. The van der Waals surface area contributed by atoms with Crippen LogP contribution in [-0.4, -0.2) is 23.8 Å². The van der Waals surface area contributed by atoms with E-state index in [0.717, 1.165) is 0 Å². The van der Waals surface area contributed by atoms with Crippen molar-refractivity contribution < 1.29 is 9.59 Å². The molecule has 0 aliphatic heterocycles. The van der Waals surface area contributed by atoms with Gasteiger partial charge in [0.15, 0.2) is 0 Å². The van der Waals surface area contributed by atoms with Crippen LogP contribution in [0.25, 0.3) is 0 Å². The summed E-state index contributed by atoms with van der Waals surface area (Å²) in [5, 5.41) is 3.08. The van der Waals surface area contributed by atoms with Crippen LogP contribution in [-0.2, 0) is 9.59 Å². The van der Waals surface area contributed by atoms with E-state index < -0.39 is 0 Å². The van der Waals surface area contributed by atoms with Gasteiger partial charge < -0.3 is 11.1 Å². The molecule has 4 nitrogen and oxygen atoms in total. The minimum absolute atomic E-state index is 0.0509. The first kappa shape index (κ1) is 12.1. The van der Waals surface area contributed by atoms with Gasteiger partial charge >= 0.3 is 0 Å². The molecular weight excluding hydrogens is 168 g/mol. The number of hydrogen-bond donors (Lipinski definition) is 2. The van der Waals surface area contributed by atoms with Gasteiger partial charge in [0.1, 0.15) is 5.78 Å². The summed E-state index contributed by atoms with van der Waals surface area (Å²) in [6.07, 6.45) is 0.743. The van der Waals surface area contributed by atoms with Crippen LogP contribution in [0.15, 0.2) is 0 Å². The summed E-state index contributed by atoms with van der Waals surface area (Å²) in [5.41, 5.74) is 4.99. The van der Waals surface area contributed by atoms with Crippen molar-refractivity contribution in [3.05, 3.63) is 0 Å². The second-order valence-electron chi connectivity index (χ2n) is 3.49. The molecule has 0 heterocycles. The number of carbonyl (C=O) groups is 2. The smallest absolute Gasteiger partial charge is 0.217 e. The Kier molecular flexibility index (Phi) is 5.30. The van der Waals surface area contributed by atoms with Crippen molar-refractivity contribution in [2.45, 2.75) is 45.7 Å². The average molecular weight is 186 g/mol. The highest BCUT2D eigenvalue weighted by molar-refractivity contribution is 5.82. The van der Waals surface area contributed by atoms with Crippen molar-refractivity contribution in [3.8, 4) is 0 Å². The third-order valence-corrected chi connectivity index (χ3v) is 1.70. The van der Waals surface area contributed by atoms with Gasteiger partial charge in [-0.15, -0.1) is 0 Å². The lowest BCUT2D eigenvalue weighted by atomic mass is 10.1. The molecule has 3 N–H and O–H groups in total. The summed E-state index contributed by atoms with van der Waals surface area (Å²) < 4.78 is 0. The van der Waals surface area contributed by atoms with Gasteiger partial charge in [-0.1, -0.05) is 13.8 Å². The van der Waals surface area contributed by atoms with Crippen molar-refractivity contribution in [2.24, 2.45) is 5.73 Å². The van der Waals surface area contributed by atoms with Gasteiger partial charge in [-0.05, 0) is 13.3 Å². The zero-order chi connectivity index (χ0) is 10.4. The standard InChI is InChI=1S/C9H18N2O2/c1-6(2)11-8(7(3)12)4-5-9(10)13/h6,8,11H,4-5H2,1-3H3,(H2,10,13). The maximum Gasteiger partial charge on any atom is 0.217 e. The van der Waals surface area contributed by atoms with Crippen LogP contribution in [0.1, 0.15) is 33.6 Å². The minimum atomic E-state index is -0.364. The highest BCUT2D eigenvalue weighted by Gasteiger charge is 2.15. The maximum atomic E-state index is 11.1. The fourth-order valence-corrected chi connectivity index (χ4v) is 1.09. The quantitative estimate of drug-likeness (QED) is 0.622. The Balaban J connectivity index is 3.95. The monoisotopic (exact) mass is 186 g/mol. The SMILES string of the molecule is CC(=O)C(CCC(N)=O)NC(C)C. The maximum absolute atomic E-state index is 11.1. The molecule has 0 aliphatic rings. The van der Waals surface area contributed by atoms with Crippen LogP contribution >= 0.6 is 0 Å². The summed E-state index contributed by atoms with van der Waals surface area (Å²) in [6, 6.07) is -0.00530. The fraction of sp³-hybridized carbons (Fsp3) is 0.778. The number of hydrogen-bond acceptors (Lipinski definition) is 3. The van der Waals surface area contributed by atoms with Gasteiger partial charge in [-0.2, -0.15) is 0 Å². The van der Waals surface area contributed by atoms with Crippen molar-refractivity contribution in [1.82, 2.24) is 5.32 Å². The molecule has 1 atom stereocenters. The van der Waals surface area contributed by atoms with Gasteiger partial charge in [0, 0.05) is 12.5 Å². The summed E-state index contributed by atoms with van der Waals surface area (Å²) in [7, 11) is 0. The van der Waals surface area contributed by atoms with Gasteiger partial charge in [0.2, 0.25) is 5.91 Å². The zero-order valence-corrected chi connectivity index (χ0v) is 8.46. The molecule has 0 aromatic carbocycles. The van der Waals surface area contributed by atoms with Gasteiger partial charge in [-0.3, -0.25) is 9.59 Å². The van der Waals surface area contributed by atoms with Crippen LogP contribution < -0.4 is 11.1 Å². The molecule has 0 bridgehead atoms. The Bertz CT molecular complexity index is 190. The first-order valence-electron chi connectivity index (χ1n) is 4.48. The third kappa shape index (κ3) is 6.28. The van der Waals surface area contributed by atoms with Crippen molar-refractivity contribution in [1.29, 1.82) is 0 Å². The summed E-state index contributed by atoms with van der Waals surface area (Å²) >= 11 is 0. The predicted octanol–water partition coefficient (Wildman–Crippen LogP) is 0.208. The fourth-order valence-electron chi connectivity index (χ4n) is 1.09. The Morgan fingerprint density at radius 3 is 2.23 bits per heavy atom. The van der Waals surface area contributed by atoms with E-state index in [-0.39, 0.29) is 30.2 Å². The van der Waals surface area contributed by atoms with E-state index in [2.05, 4.69) is 5.32 Å². The molecule has 4 heteroatoms. The predicted molar refractivity (Wildman–Crippen MR) is 51.2 cm³/mol. The molecule has 0 spiro atoms. The molecule has 0 radical (unpaired) electrons. The Labute approximate surface area is 78.9 Å². The van der Waals surface area contributed by atoms with Crippen molar-refractivity contribution in [2.75, 3.05) is 0 Å². The number of nitrogens with two attached hydrogens (primary N) is 1. The van der Waals surface area contributed by atoms with E-state index in [0.29, 0.717) is 6.42 Å². The van der Waals surface area contributed by atoms with E-state index in [1.54, 1.807) is 0 Å². The van der Waals surface area contributed by atoms with Crippen molar-refractivity contribution >= 4 is 11.7 Å². The lowest BCUT2D eigenvalue weighted by Gasteiger charge is -2.17. The molecule has 1 unspecified atom stereocenters. The molecule has 13 heavy (non-hydrogen) atoms. The molecule has 0 aromatic rings. The number of rotatable bonds is 6. The van der Waals surface area contributed by atoms with E-state index in [4.69, 9.17) is 5.73 Å². The van der Waals surface area contributed by atoms with Gasteiger partial charge in [0.25, 0.3) is 0 Å². The Morgan fingerprint density at radius 2 is 1.92 bits per heavy atom. The average Bonchev–Trinajstić information content (AvgIpc) is 1.96. The minimum Gasteiger partial charge on any atom is -0.370 e. The highest BCUT2D eigenvalue weighted by Crippen LogP contribution is 1.99. The molecule has 0 saturated heterocycles. The van der Waals surface area contributed by atoms with E-state index in [1.807, 2.05) is 13.8 Å². The number of carbonyl (C=O) groups excluding carboxylic acids is 2. The van der Waals surface area contributed by atoms with Crippen LogP contribution in [0.3, 0.4) is 0 Å². The Hall–Kier alpha value is -0.900. The number of nitrogens with one attached hydrogen (secondary N) is 1. The lowest BCUT2D eigenvalue weighted by Crippen LogP contribution is -2.40. The van der Waals surface area contributed by atoms with E-state index >= 15 is 0 Å². The van der Waals surface area contributed by atoms with Crippen LogP contribution in [0.2, 0.25) is 0 Å². The molecule has 0 aliphatic carbocycles. The zero-order valence-electron chi connectivity index (χ0n) is 8.46. The molecular formula is C9H18N2O2. The molecule has 0 fully saturated rings. The number of primary amides is 1. The summed E-state index contributed by atoms with van der Waals surface area (Å²) in [6.45, 7) is 5.43. The van der Waals surface area contributed by atoms with Crippen LogP contribution in [0, 0.1) is 0 Å². The molecule has 0 aromatic heterocycles. The van der Waals surface area contributed by atoms with E-state index in [9.17, 15) is 9.59 Å². The largest absolute Gasteiger partial charge is 0.370 e. The number of amides is 1. The topological polar surface area (TPSA) is 72.2 Å². The second kappa shape index (κ2) is 5.70. The first-order chi connectivity index (χ1) is 5.93. The third-order valence-electron chi connectivity index (χ3n) is 1.70. The molecule has 76 valence electrons. The second-order valence-corrected chi connectivity index (χ2v) is 3.49. The number of ketones is 1. The van der Waals surface area contributed by atoms with Gasteiger partial charge in [-0.25, -0.2) is 0 Å². The van der Waals surface area contributed by atoms with Crippen LogP contribution in [0.4, 0.5) is 0 Å². The summed E-state index contributed by atoms with van der Waals surface area (Å²) in [4.78, 5) is 21.6. The highest BCUT2D eigenvalue weighted by atomic mass is 16.1. The normalized spacial score (nSPS) is 12.9. The van der Waals surface area contributed by atoms with E-state index in [1.165, 1.54) is 6.92 Å². The number of Topliss-reactive ketones (excluding diaryl/α,β-unsaturated/α-hetero) is 1. The van der Waals surface area contributed by atoms with Crippen molar-refractivity contribution in [3.63, 3.8) is 0 Å². The lowest BCUT2D eigenvalue weighted by molar-refractivity contribution is -0.120. The molecule has 0 rings (SSSR count). The first-order valence-corrected chi connectivity index (χ1v) is 4.48. The Morgan fingerprint density at radius 1 is 1.38 bits per heavy atom. The van der Waals surface area contributed by atoms with Crippen LogP contribution in [0.5, 0.6) is 0 Å². The molecule has 0 saturated carbocycles. The van der Waals surface area contributed by atoms with Gasteiger partial charge in [0.05, 0.1) is 6.04 Å².